The highest BCUT2D eigenvalue weighted by molar-refractivity contribution is 7.92. The molecule has 1 aliphatic heterocycles. The molecular weight excluding hydrogens is 462 g/mol. The first-order valence-electron chi connectivity index (χ1n) is 9.44. The van der Waals surface area contributed by atoms with Crippen LogP contribution in [0, 0.1) is 0 Å². The Balaban J connectivity index is 1.60. The molecule has 1 fully saturated rings. The number of methoxy groups -OCH3 is 2. The fraction of sp³-hybridized carbons (Fsp3) is 0.316. The average molecular weight is 486 g/mol. The predicted octanol–water partition coefficient (Wildman–Crippen LogP) is 0.502. The van der Waals surface area contributed by atoms with Crippen molar-refractivity contribution in [1.29, 1.82) is 0 Å². The number of phenolic OH excluding ortho intramolecular Hbond substituents is 1. The number of hydrogen-bond donors (Lipinski definition) is 3. The van der Waals surface area contributed by atoms with E-state index in [1.165, 1.54) is 44.6 Å². The van der Waals surface area contributed by atoms with Gasteiger partial charge in [0.1, 0.15) is 12.3 Å². The fourth-order valence-corrected chi connectivity index (χ4v) is 5.41. The van der Waals surface area contributed by atoms with Crippen LogP contribution in [0.15, 0.2) is 41.3 Å². The lowest BCUT2D eigenvalue weighted by molar-refractivity contribution is -0.117. The zero-order valence-electron chi connectivity index (χ0n) is 17.4. The molecule has 1 heterocycles. The second-order valence-corrected chi connectivity index (χ2v) is 10.2. The third kappa shape index (κ3) is 5.06. The zero-order chi connectivity index (χ0) is 23.5. The van der Waals surface area contributed by atoms with E-state index in [4.69, 9.17) is 9.47 Å². The minimum Gasteiger partial charge on any atom is -0.506 e. The number of nitrogens with one attached hydrogen (secondary N) is 2. The van der Waals surface area contributed by atoms with Gasteiger partial charge in [-0.05, 0) is 42.7 Å². The summed E-state index contributed by atoms with van der Waals surface area (Å²) in [6.07, 6.45) is 0.847. The van der Waals surface area contributed by atoms with Gasteiger partial charge in [0.05, 0.1) is 24.8 Å². The molecule has 0 radical (unpaired) electrons. The molecule has 3 rings (SSSR count). The molecule has 2 aromatic rings. The summed E-state index contributed by atoms with van der Waals surface area (Å²) in [4.78, 5) is 11.4. The van der Waals surface area contributed by atoms with Crippen LogP contribution in [-0.4, -0.2) is 55.2 Å². The van der Waals surface area contributed by atoms with Crippen LogP contribution in [0.25, 0.3) is 0 Å². The fourth-order valence-electron chi connectivity index (χ4n) is 3.16. The van der Waals surface area contributed by atoms with E-state index >= 15 is 0 Å². The maximum atomic E-state index is 12.5. The third-order valence-corrected chi connectivity index (χ3v) is 7.58. The van der Waals surface area contributed by atoms with Crippen molar-refractivity contribution in [3.8, 4) is 17.2 Å². The number of rotatable bonds is 9. The van der Waals surface area contributed by atoms with Gasteiger partial charge in [0, 0.05) is 12.6 Å². The van der Waals surface area contributed by atoms with E-state index in [1.54, 1.807) is 6.07 Å². The molecule has 2 aromatic carbocycles. The number of benzene rings is 2. The summed E-state index contributed by atoms with van der Waals surface area (Å²) in [5, 5.41) is 10.2. The molecule has 174 valence electrons. The molecule has 0 bridgehead atoms. The Kier molecular flexibility index (Phi) is 6.81. The topological polar surface area (TPSA) is 151 Å². The molecule has 3 N–H and O–H groups in total. The largest absolute Gasteiger partial charge is 0.506 e. The summed E-state index contributed by atoms with van der Waals surface area (Å²) in [5.41, 5.74) is 0.661. The smallest absolute Gasteiger partial charge is 0.326 e. The van der Waals surface area contributed by atoms with Crippen LogP contribution >= 0.6 is 0 Å². The Morgan fingerprint density at radius 2 is 1.84 bits per heavy atom. The number of carbonyl (C=O) groups excluding carboxylic acids is 1. The molecule has 0 atom stereocenters. The first kappa shape index (κ1) is 23.6. The maximum Gasteiger partial charge on any atom is 0.326 e. The number of ether oxygens (including phenoxy) is 2. The first-order valence-corrected chi connectivity index (χ1v) is 12.4. The van der Waals surface area contributed by atoms with E-state index in [-0.39, 0.29) is 22.9 Å². The number of anilines is 1. The van der Waals surface area contributed by atoms with Gasteiger partial charge in [-0.25, -0.2) is 22.2 Å². The van der Waals surface area contributed by atoms with Crippen LogP contribution in [0.3, 0.4) is 0 Å². The Morgan fingerprint density at radius 3 is 2.44 bits per heavy atom. The molecule has 0 aliphatic carbocycles. The Hall–Kier alpha value is -3.03. The number of phenols is 1. The highest BCUT2D eigenvalue weighted by atomic mass is 32.2. The SMILES string of the molecule is COc1ccc(S(=O)(=O)NCCCc2ccc(N3CC(=O)NS3(=O)=O)c(O)c2)cc1OC. The minimum atomic E-state index is -4.02. The lowest BCUT2D eigenvalue weighted by Crippen LogP contribution is -2.29. The average Bonchev–Trinajstić information content (AvgIpc) is 3.02. The van der Waals surface area contributed by atoms with Crippen LogP contribution in [-0.2, 0) is 31.4 Å². The van der Waals surface area contributed by atoms with Crippen molar-refractivity contribution >= 4 is 31.8 Å². The molecule has 11 nitrogen and oxygen atoms in total. The molecule has 1 aliphatic rings. The third-order valence-electron chi connectivity index (χ3n) is 4.73. The molecule has 32 heavy (non-hydrogen) atoms. The summed E-state index contributed by atoms with van der Waals surface area (Å²) in [7, 11) is -4.92. The lowest BCUT2D eigenvalue weighted by Gasteiger charge is -2.16. The lowest BCUT2D eigenvalue weighted by atomic mass is 10.1. The summed E-state index contributed by atoms with van der Waals surface area (Å²) < 4.78 is 64.2. The summed E-state index contributed by atoms with van der Waals surface area (Å²) >= 11 is 0. The molecule has 0 aromatic heterocycles. The molecule has 0 saturated carbocycles. The number of nitrogens with zero attached hydrogens (tertiary/aromatic N) is 1. The van der Waals surface area contributed by atoms with Gasteiger partial charge in [0.25, 0.3) is 5.91 Å². The quantitative estimate of drug-likeness (QED) is 0.435. The van der Waals surface area contributed by atoms with Crippen molar-refractivity contribution in [1.82, 2.24) is 9.44 Å². The Morgan fingerprint density at radius 1 is 1.12 bits per heavy atom. The molecule has 0 unspecified atom stereocenters. The standard InChI is InChI=1S/C19H23N3O8S2/c1-29-17-8-6-14(11-18(17)30-2)31(25,26)20-9-3-4-13-5-7-15(16(23)10-13)22-12-19(24)21-32(22,27)28/h5-8,10-11,20,23H,3-4,9,12H2,1-2H3,(H,21,24). The van der Waals surface area contributed by atoms with E-state index in [2.05, 4.69) is 4.72 Å². The van der Waals surface area contributed by atoms with Crippen LogP contribution in [0.5, 0.6) is 17.2 Å². The highest BCUT2D eigenvalue weighted by Crippen LogP contribution is 2.32. The zero-order valence-corrected chi connectivity index (χ0v) is 19.0. The second kappa shape index (κ2) is 9.22. The van der Waals surface area contributed by atoms with Crippen molar-refractivity contribution in [3.63, 3.8) is 0 Å². The summed E-state index contributed by atoms with van der Waals surface area (Å²) in [6, 6.07) is 8.67. The Bertz CT molecular complexity index is 1230. The van der Waals surface area contributed by atoms with E-state index in [1.807, 2.05) is 4.72 Å². The number of aromatic hydroxyl groups is 1. The number of carbonyl (C=O) groups is 1. The minimum absolute atomic E-state index is 0.0127. The molecule has 0 spiro atoms. The predicted molar refractivity (Wildman–Crippen MR) is 116 cm³/mol. The number of amides is 1. The highest BCUT2D eigenvalue weighted by Gasteiger charge is 2.35. The van der Waals surface area contributed by atoms with Crippen LogP contribution in [0.1, 0.15) is 12.0 Å². The van der Waals surface area contributed by atoms with Gasteiger partial charge >= 0.3 is 10.2 Å². The monoisotopic (exact) mass is 485 g/mol. The Labute approximate surface area is 186 Å². The molecule has 13 heteroatoms. The van der Waals surface area contributed by atoms with E-state index in [9.17, 15) is 26.7 Å². The van der Waals surface area contributed by atoms with Crippen molar-refractivity contribution in [2.45, 2.75) is 17.7 Å². The van der Waals surface area contributed by atoms with Crippen LogP contribution in [0.2, 0.25) is 0 Å². The first-order chi connectivity index (χ1) is 15.1. The van der Waals surface area contributed by atoms with E-state index < -0.39 is 32.7 Å². The summed E-state index contributed by atoms with van der Waals surface area (Å²) in [5.74, 6) is -0.275. The van der Waals surface area contributed by atoms with Gasteiger partial charge in [-0.1, -0.05) is 6.07 Å². The van der Waals surface area contributed by atoms with Gasteiger partial charge in [0.2, 0.25) is 10.0 Å². The van der Waals surface area contributed by atoms with Crippen LogP contribution < -0.4 is 23.2 Å². The van der Waals surface area contributed by atoms with Gasteiger partial charge in [-0.2, -0.15) is 8.42 Å². The number of aryl methyl sites for hydroxylation is 1. The van der Waals surface area contributed by atoms with Crippen molar-refractivity contribution < 1.29 is 36.2 Å². The van der Waals surface area contributed by atoms with Crippen molar-refractivity contribution in [3.05, 3.63) is 42.0 Å². The molecule has 1 saturated heterocycles. The van der Waals surface area contributed by atoms with Crippen LogP contribution in [0.4, 0.5) is 5.69 Å². The second-order valence-electron chi connectivity index (χ2n) is 6.88. The number of hydrogen-bond acceptors (Lipinski definition) is 8. The van der Waals surface area contributed by atoms with Crippen molar-refractivity contribution in [2.75, 3.05) is 31.6 Å². The van der Waals surface area contributed by atoms with Gasteiger partial charge < -0.3 is 14.6 Å². The van der Waals surface area contributed by atoms with Gasteiger partial charge in [0.15, 0.2) is 11.5 Å². The number of sulfonamides is 1. The molecular formula is C19H23N3O8S2. The van der Waals surface area contributed by atoms with E-state index in [0.717, 1.165) is 4.31 Å². The van der Waals surface area contributed by atoms with Crippen molar-refractivity contribution in [2.24, 2.45) is 0 Å². The van der Waals surface area contributed by atoms with Gasteiger partial charge in [-0.3, -0.25) is 4.79 Å². The van der Waals surface area contributed by atoms with Gasteiger partial charge in [-0.15, -0.1) is 0 Å². The molecule has 1 amide bonds. The normalized spacial score (nSPS) is 15.4. The summed E-state index contributed by atoms with van der Waals surface area (Å²) in [6.45, 7) is -0.273. The van der Waals surface area contributed by atoms with E-state index in [0.29, 0.717) is 29.9 Å². The maximum absolute atomic E-state index is 12.5.